The molecule has 0 saturated heterocycles. The van der Waals surface area contributed by atoms with Crippen LogP contribution in [0.5, 0.6) is 11.5 Å². The number of carbonyl (C=O) groups is 2. The van der Waals surface area contributed by atoms with E-state index in [1.807, 2.05) is 51.1 Å². The van der Waals surface area contributed by atoms with Crippen molar-refractivity contribution in [1.29, 1.82) is 0 Å². The van der Waals surface area contributed by atoms with E-state index in [1.54, 1.807) is 42.5 Å². The molecule has 0 unspecified atom stereocenters. The zero-order chi connectivity index (χ0) is 35.7. The number of benzene rings is 4. The number of hydrogen-bond donors (Lipinski definition) is 1. The highest BCUT2D eigenvalue weighted by molar-refractivity contribution is 7.92. The van der Waals surface area contributed by atoms with Gasteiger partial charge in [-0.1, -0.05) is 84.2 Å². The first kappa shape index (κ1) is 37.6. The fourth-order valence-electron chi connectivity index (χ4n) is 5.18. The maximum atomic E-state index is 14.7. The Morgan fingerprint density at radius 1 is 0.837 bits per heavy atom. The second kappa shape index (κ2) is 16.9. The summed E-state index contributed by atoms with van der Waals surface area (Å²) in [6.45, 7) is 5.01. The van der Waals surface area contributed by atoms with Gasteiger partial charge in [-0.2, -0.15) is 0 Å². The number of rotatable bonds is 15. The lowest BCUT2D eigenvalue weighted by atomic mass is 10.0. The summed E-state index contributed by atoms with van der Waals surface area (Å²) in [5, 5.41) is 3.64. The predicted octanol–water partition coefficient (Wildman–Crippen LogP) is 7.07. The molecule has 0 aliphatic heterocycles. The molecule has 4 aromatic rings. The average molecular weight is 727 g/mol. The molecule has 0 radical (unpaired) electrons. The average Bonchev–Trinajstić information content (AvgIpc) is 3.10. The molecule has 0 bridgehead atoms. The SMILES string of the molecule is CC[C@@H](C)NC(=O)[C@H](Cc1ccccc1)N(Cc1ccc(Cl)c(Cl)c1)C(=O)CN(c1ccc(OC)c(OC)c1)S(=O)(=O)c1ccc(C)cc1. The topological polar surface area (TPSA) is 105 Å². The summed E-state index contributed by atoms with van der Waals surface area (Å²) < 4.78 is 40.6. The standard InChI is InChI=1S/C37H41Cl2N3O6S/c1-6-26(3)40-37(44)33(21-27-10-8-7-9-11-27)41(23-28-14-18-31(38)32(39)20-28)36(43)24-42(29-15-19-34(47-4)35(22-29)48-5)49(45,46)30-16-12-25(2)13-17-30/h7-20,22,26,33H,6,21,23-24H2,1-5H3,(H,40,44)/t26-,33+/m1/s1. The summed E-state index contributed by atoms with van der Waals surface area (Å²) in [7, 11) is -1.40. The highest BCUT2D eigenvalue weighted by atomic mass is 35.5. The second-order valence-electron chi connectivity index (χ2n) is 11.7. The summed E-state index contributed by atoms with van der Waals surface area (Å²) in [5.74, 6) is -0.322. The van der Waals surface area contributed by atoms with Crippen molar-refractivity contribution in [2.45, 2.75) is 57.1 Å². The van der Waals surface area contributed by atoms with Crippen LogP contribution in [0.25, 0.3) is 0 Å². The monoisotopic (exact) mass is 725 g/mol. The van der Waals surface area contributed by atoms with Crippen LogP contribution in [0, 0.1) is 6.92 Å². The van der Waals surface area contributed by atoms with Crippen LogP contribution in [0.4, 0.5) is 5.69 Å². The first-order chi connectivity index (χ1) is 23.4. The minimum Gasteiger partial charge on any atom is -0.493 e. The van der Waals surface area contributed by atoms with Crippen LogP contribution < -0.4 is 19.1 Å². The van der Waals surface area contributed by atoms with Crippen molar-refractivity contribution in [2.75, 3.05) is 25.1 Å². The van der Waals surface area contributed by atoms with Crippen LogP contribution in [0.3, 0.4) is 0 Å². The molecule has 0 spiro atoms. The van der Waals surface area contributed by atoms with Gasteiger partial charge < -0.3 is 19.7 Å². The molecule has 4 rings (SSSR count). The van der Waals surface area contributed by atoms with Crippen molar-refractivity contribution >= 4 is 50.7 Å². The number of hydrogen-bond acceptors (Lipinski definition) is 6. The zero-order valence-corrected chi connectivity index (χ0v) is 30.5. The molecule has 0 fully saturated rings. The van der Waals surface area contributed by atoms with Crippen LogP contribution in [0.15, 0.2) is 95.9 Å². The molecule has 0 heterocycles. The first-order valence-electron chi connectivity index (χ1n) is 15.8. The lowest BCUT2D eigenvalue weighted by molar-refractivity contribution is -0.140. The maximum Gasteiger partial charge on any atom is 0.264 e. The molecule has 4 aromatic carbocycles. The Kier molecular flexibility index (Phi) is 13.0. The van der Waals surface area contributed by atoms with Crippen LogP contribution in [-0.4, -0.2) is 58.0 Å². The van der Waals surface area contributed by atoms with Crippen LogP contribution in [0.2, 0.25) is 10.0 Å². The molecule has 0 aliphatic carbocycles. The van der Waals surface area contributed by atoms with Crippen LogP contribution in [-0.2, 0) is 32.6 Å². The van der Waals surface area contributed by atoms with Gasteiger partial charge in [0.1, 0.15) is 12.6 Å². The van der Waals surface area contributed by atoms with Gasteiger partial charge in [-0.05, 0) is 67.8 Å². The van der Waals surface area contributed by atoms with Crippen molar-refractivity contribution in [3.05, 3.63) is 118 Å². The lowest BCUT2D eigenvalue weighted by Gasteiger charge is -2.34. The van der Waals surface area contributed by atoms with Crippen LogP contribution >= 0.6 is 23.2 Å². The van der Waals surface area contributed by atoms with E-state index >= 15 is 0 Å². The van der Waals surface area contributed by atoms with Gasteiger partial charge >= 0.3 is 0 Å². The van der Waals surface area contributed by atoms with E-state index in [9.17, 15) is 18.0 Å². The van der Waals surface area contributed by atoms with Crippen molar-refractivity contribution in [1.82, 2.24) is 10.2 Å². The molecule has 12 heteroatoms. The van der Waals surface area contributed by atoms with Gasteiger partial charge in [0.05, 0.1) is 34.8 Å². The van der Waals surface area contributed by atoms with Crippen molar-refractivity contribution in [2.24, 2.45) is 0 Å². The van der Waals surface area contributed by atoms with Crippen LogP contribution in [0.1, 0.15) is 37.0 Å². The van der Waals surface area contributed by atoms with E-state index in [4.69, 9.17) is 32.7 Å². The Morgan fingerprint density at radius 2 is 1.51 bits per heavy atom. The Morgan fingerprint density at radius 3 is 2.12 bits per heavy atom. The normalized spacial score (nSPS) is 12.5. The summed E-state index contributed by atoms with van der Waals surface area (Å²) >= 11 is 12.6. The third kappa shape index (κ3) is 9.47. The Balaban J connectivity index is 1.86. The van der Waals surface area contributed by atoms with Crippen molar-refractivity contribution < 1.29 is 27.5 Å². The Bertz CT molecular complexity index is 1860. The fraction of sp³-hybridized carbons (Fsp3) is 0.297. The number of methoxy groups -OCH3 is 2. The predicted molar refractivity (Wildman–Crippen MR) is 194 cm³/mol. The highest BCUT2D eigenvalue weighted by Gasteiger charge is 2.35. The molecule has 2 atom stereocenters. The minimum atomic E-state index is -4.31. The van der Waals surface area contributed by atoms with Gasteiger partial charge in [-0.3, -0.25) is 13.9 Å². The van der Waals surface area contributed by atoms with E-state index in [-0.39, 0.29) is 46.3 Å². The molecule has 1 N–H and O–H groups in total. The number of amides is 2. The van der Waals surface area contributed by atoms with E-state index in [1.165, 1.54) is 37.3 Å². The Labute approximate surface area is 298 Å². The summed E-state index contributed by atoms with van der Waals surface area (Å²) in [6, 6.07) is 24.1. The third-order valence-electron chi connectivity index (χ3n) is 8.15. The van der Waals surface area contributed by atoms with E-state index in [0.29, 0.717) is 22.8 Å². The third-order valence-corrected chi connectivity index (χ3v) is 10.7. The van der Waals surface area contributed by atoms with Gasteiger partial charge in [-0.15, -0.1) is 0 Å². The molecular formula is C37H41Cl2N3O6S. The van der Waals surface area contributed by atoms with Crippen molar-refractivity contribution in [3.8, 4) is 11.5 Å². The number of ether oxygens (including phenoxy) is 2. The van der Waals surface area contributed by atoms with Gasteiger partial charge in [0, 0.05) is 25.1 Å². The molecule has 2 amide bonds. The quantitative estimate of drug-likeness (QED) is 0.141. The number of carbonyl (C=O) groups excluding carboxylic acids is 2. The number of aryl methyl sites for hydroxylation is 1. The fourth-order valence-corrected chi connectivity index (χ4v) is 6.90. The van der Waals surface area contributed by atoms with Gasteiger partial charge in [0.2, 0.25) is 11.8 Å². The smallest absolute Gasteiger partial charge is 0.264 e. The minimum absolute atomic E-state index is 0.00735. The van der Waals surface area contributed by atoms with Crippen molar-refractivity contribution in [3.63, 3.8) is 0 Å². The number of halogens is 2. The highest BCUT2D eigenvalue weighted by Crippen LogP contribution is 2.34. The summed E-state index contributed by atoms with van der Waals surface area (Å²) in [4.78, 5) is 30.1. The second-order valence-corrected chi connectivity index (χ2v) is 14.3. The zero-order valence-electron chi connectivity index (χ0n) is 28.2. The molecule has 0 saturated carbocycles. The summed E-state index contributed by atoms with van der Waals surface area (Å²) in [6.07, 6.45) is 0.851. The van der Waals surface area contributed by atoms with Gasteiger partial charge in [0.25, 0.3) is 10.0 Å². The Hall–Kier alpha value is -4.25. The number of anilines is 1. The molecule has 9 nitrogen and oxygen atoms in total. The molecule has 0 aliphatic rings. The number of sulfonamides is 1. The number of nitrogens with one attached hydrogen (secondary N) is 1. The molecular weight excluding hydrogens is 685 g/mol. The van der Waals surface area contributed by atoms with E-state index < -0.39 is 28.5 Å². The number of nitrogens with zero attached hydrogens (tertiary/aromatic N) is 2. The van der Waals surface area contributed by atoms with E-state index in [0.717, 1.165) is 15.4 Å². The van der Waals surface area contributed by atoms with E-state index in [2.05, 4.69) is 5.32 Å². The van der Waals surface area contributed by atoms with Gasteiger partial charge in [0.15, 0.2) is 11.5 Å². The lowest BCUT2D eigenvalue weighted by Crippen LogP contribution is -2.54. The van der Waals surface area contributed by atoms with Gasteiger partial charge in [-0.25, -0.2) is 8.42 Å². The maximum absolute atomic E-state index is 14.7. The summed E-state index contributed by atoms with van der Waals surface area (Å²) in [5.41, 5.74) is 2.47. The largest absolute Gasteiger partial charge is 0.493 e. The molecule has 49 heavy (non-hydrogen) atoms. The molecule has 0 aromatic heterocycles. The first-order valence-corrected chi connectivity index (χ1v) is 18.0. The molecule has 260 valence electrons.